The van der Waals surface area contributed by atoms with Gasteiger partial charge in [-0.05, 0) is 0 Å². The van der Waals surface area contributed by atoms with Crippen molar-refractivity contribution in [2.45, 2.75) is 12.8 Å². The molecule has 1 aromatic heterocycles. The Morgan fingerprint density at radius 2 is 1.81 bits per heavy atom. The van der Waals surface area contributed by atoms with E-state index in [1.165, 1.54) is 0 Å². The van der Waals surface area contributed by atoms with Gasteiger partial charge in [0.2, 0.25) is 0 Å². The van der Waals surface area contributed by atoms with Crippen molar-refractivity contribution in [2.24, 2.45) is 0 Å². The maximum atomic E-state index is 12.4. The third kappa shape index (κ3) is 2.61. The van der Waals surface area contributed by atoms with Crippen molar-refractivity contribution in [1.29, 1.82) is 0 Å². The van der Waals surface area contributed by atoms with Crippen LogP contribution in [0, 0.1) is 0 Å². The molecule has 0 aromatic carbocycles. The molecule has 4 N–H and O–H groups in total. The third-order valence-electron chi connectivity index (χ3n) is 1.60. The van der Waals surface area contributed by atoms with Crippen LogP contribution >= 0.6 is 0 Å². The summed E-state index contributed by atoms with van der Waals surface area (Å²) in [5.41, 5.74) is 8.33. The van der Waals surface area contributed by atoms with Gasteiger partial charge in [-0.15, -0.1) is 13.2 Å². The molecule has 90 valence electrons. The molecule has 4 nitrogen and oxygen atoms in total. The molecule has 0 saturated carbocycles. The fourth-order valence-corrected chi connectivity index (χ4v) is 0.969. The molecule has 16 heavy (non-hydrogen) atoms. The van der Waals surface area contributed by atoms with Crippen molar-refractivity contribution in [3.8, 4) is 5.75 Å². The summed E-state index contributed by atoms with van der Waals surface area (Å²) in [6, 6.07) is 0. The summed E-state index contributed by atoms with van der Waals surface area (Å²) in [6.07, 6.45) is -7.91. The van der Waals surface area contributed by atoms with Crippen LogP contribution in [0.5, 0.6) is 5.75 Å². The number of hydrogen-bond acceptors (Lipinski definition) is 4. The molecule has 1 heterocycles. The fourth-order valence-electron chi connectivity index (χ4n) is 0.969. The van der Waals surface area contributed by atoms with E-state index in [1.54, 1.807) is 0 Å². The molecule has 9 heteroatoms. The van der Waals surface area contributed by atoms with E-state index in [1.807, 2.05) is 0 Å². The van der Waals surface area contributed by atoms with Crippen molar-refractivity contribution < 1.29 is 26.7 Å². The van der Waals surface area contributed by atoms with Crippen LogP contribution in [0.25, 0.3) is 0 Å². The summed E-state index contributed by atoms with van der Waals surface area (Å²) >= 11 is 0. The summed E-state index contributed by atoms with van der Waals surface area (Å²) in [7, 11) is 0. The molecule has 0 aliphatic carbocycles. The predicted octanol–water partition coefficient (Wildman–Crippen LogP) is 2.08. The zero-order chi connectivity index (χ0) is 12.5. The highest BCUT2D eigenvalue weighted by Crippen LogP contribution is 2.38. The number of ether oxygens (including phenoxy) is 1. The highest BCUT2D eigenvalue weighted by molar-refractivity contribution is 5.67. The van der Waals surface area contributed by atoms with Crippen molar-refractivity contribution in [3.63, 3.8) is 0 Å². The average molecular weight is 243 g/mol. The Labute approximate surface area is 86.0 Å². The zero-order valence-electron chi connectivity index (χ0n) is 7.55. The second kappa shape index (κ2) is 3.99. The lowest BCUT2D eigenvalue weighted by Crippen LogP contribution is -2.19. The first-order chi connectivity index (χ1) is 7.22. The second-order valence-corrected chi connectivity index (χ2v) is 2.68. The molecule has 0 atom stereocenters. The SMILES string of the molecule is Nc1ncc(OC(F)(F)F)c(C(F)F)c1N. The molecule has 0 fully saturated rings. The van der Waals surface area contributed by atoms with Gasteiger partial charge in [-0.1, -0.05) is 0 Å². The summed E-state index contributed by atoms with van der Waals surface area (Å²) in [5.74, 6) is -1.64. The molecule has 0 spiro atoms. The number of rotatable bonds is 2. The molecule has 0 radical (unpaired) electrons. The third-order valence-corrected chi connectivity index (χ3v) is 1.60. The highest BCUT2D eigenvalue weighted by Gasteiger charge is 2.34. The number of anilines is 2. The van der Waals surface area contributed by atoms with Gasteiger partial charge in [0.1, 0.15) is 5.82 Å². The standard InChI is InChI=1S/C7H6F5N3O/c8-5(9)3-2(16-7(10,11)12)1-15-6(14)4(3)13/h1,5H,13H2,(H2,14,15). The van der Waals surface area contributed by atoms with Gasteiger partial charge in [0.25, 0.3) is 6.43 Å². The number of pyridine rings is 1. The lowest BCUT2D eigenvalue weighted by Gasteiger charge is -2.14. The number of nitrogens with zero attached hydrogens (tertiary/aromatic N) is 1. The van der Waals surface area contributed by atoms with Gasteiger partial charge in [-0.25, -0.2) is 13.8 Å². The lowest BCUT2D eigenvalue weighted by molar-refractivity contribution is -0.275. The topological polar surface area (TPSA) is 74.2 Å². The monoisotopic (exact) mass is 243 g/mol. The molecule has 0 aliphatic rings. The number of halogens is 5. The van der Waals surface area contributed by atoms with Crippen molar-refractivity contribution in [2.75, 3.05) is 11.5 Å². The molecule has 0 aliphatic heterocycles. The van der Waals surface area contributed by atoms with Gasteiger partial charge in [-0.2, -0.15) is 0 Å². The molecular formula is C7H6F5N3O. The molecule has 0 bridgehead atoms. The van der Waals surface area contributed by atoms with Crippen LogP contribution in [0.2, 0.25) is 0 Å². The fraction of sp³-hybridized carbons (Fsp3) is 0.286. The maximum absolute atomic E-state index is 12.4. The van der Waals surface area contributed by atoms with Gasteiger partial charge in [0.05, 0.1) is 17.4 Å². The minimum atomic E-state index is -5.10. The van der Waals surface area contributed by atoms with Crippen molar-refractivity contribution in [3.05, 3.63) is 11.8 Å². The van der Waals surface area contributed by atoms with Gasteiger partial charge >= 0.3 is 6.36 Å². The van der Waals surface area contributed by atoms with E-state index in [0.29, 0.717) is 6.20 Å². The van der Waals surface area contributed by atoms with Gasteiger partial charge < -0.3 is 16.2 Å². The largest absolute Gasteiger partial charge is 0.573 e. The summed E-state index contributed by atoms with van der Waals surface area (Å²) < 4.78 is 63.8. The maximum Gasteiger partial charge on any atom is 0.573 e. The number of hydrogen-bond donors (Lipinski definition) is 2. The van der Waals surface area contributed by atoms with E-state index in [4.69, 9.17) is 11.5 Å². The molecule has 0 amide bonds. The van der Waals surface area contributed by atoms with Crippen molar-refractivity contribution >= 4 is 11.5 Å². The normalized spacial score (nSPS) is 11.9. The molecule has 1 rings (SSSR count). The number of alkyl halides is 5. The van der Waals surface area contributed by atoms with Crippen molar-refractivity contribution in [1.82, 2.24) is 4.98 Å². The quantitative estimate of drug-likeness (QED) is 0.780. The number of nitrogens with two attached hydrogens (primary N) is 2. The van der Waals surface area contributed by atoms with Gasteiger partial charge in [0, 0.05) is 0 Å². The van der Waals surface area contributed by atoms with E-state index in [0.717, 1.165) is 0 Å². The molecule has 1 aromatic rings. The minimum Gasteiger partial charge on any atom is -0.404 e. The van der Waals surface area contributed by atoms with Gasteiger partial charge in [0.15, 0.2) is 5.75 Å². The number of aromatic nitrogens is 1. The van der Waals surface area contributed by atoms with E-state index >= 15 is 0 Å². The first kappa shape index (κ1) is 12.3. The Morgan fingerprint density at radius 1 is 1.25 bits per heavy atom. The number of nitrogen functional groups attached to an aromatic ring is 2. The van der Waals surface area contributed by atoms with Crippen LogP contribution in [-0.4, -0.2) is 11.3 Å². The van der Waals surface area contributed by atoms with E-state index in [9.17, 15) is 22.0 Å². The van der Waals surface area contributed by atoms with E-state index in [-0.39, 0.29) is 0 Å². The Balaban J connectivity index is 3.24. The highest BCUT2D eigenvalue weighted by atomic mass is 19.4. The Hall–Kier alpha value is -1.80. The Bertz CT molecular complexity index is 392. The molecule has 0 unspecified atom stereocenters. The zero-order valence-corrected chi connectivity index (χ0v) is 7.55. The molecular weight excluding hydrogens is 237 g/mol. The average Bonchev–Trinajstić information content (AvgIpc) is 2.08. The van der Waals surface area contributed by atoms with Crippen LogP contribution in [-0.2, 0) is 0 Å². The Morgan fingerprint density at radius 3 is 2.25 bits per heavy atom. The predicted molar refractivity (Wildman–Crippen MR) is 44.7 cm³/mol. The second-order valence-electron chi connectivity index (χ2n) is 2.68. The van der Waals surface area contributed by atoms with Crippen LogP contribution in [0.4, 0.5) is 33.5 Å². The minimum absolute atomic E-state index is 0.445. The first-order valence-corrected chi connectivity index (χ1v) is 3.80. The van der Waals surface area contributed by atoms with Crippen LogP contribution < -0.4 is 16.2 Å². The first-order valence-electron chi connectivity index (χ1n) is 3.80. The van der Waals surface area contributed by atoms with Crippen LogP contribution in [0.15, 0.2) is 6.20 Å². The van der Waals surface area contributed by atoms with E-state index < -0.39 is 35.6 Å². The Kier molecular flexibility index (Phi) is 3.06. The van der Waals surface area contributed by atoms with Crippen LogP contribution in [0.3, 0.4) is 0 Å². The van der Waals surface area contributed by atoms with Gasteiger partial charge in [-0.3, -0.25) is 0 Å². The lowest BCUT2D eigenvalue weighted by atomic mass is 10.2. The smallest absolute Gasteiger partial charge is 0.404 e. The summed E-state index contributed by atoms with van der Waals surface area (Å²) in [5, 5.41) is 0. The van der Waals surface area contributed by atoms with Crippen LogP contribution in [0.1, 0.15) is 12.0 Å². The summed E-state index contributed by atoms with van der Waals surface area (Å²) in [4.78, 5) is 3.20. The molecule has 0 saturated heterocycles. The van der Waals surface area contributed by atoms with E-state index in [2.05, 4.69) is 9.72 Å². The summed E-state index contributed by atoms with van der Waals surface area (Å²) in [6.45, 7) is 0.